The van der Waals surface area contributed by atoms with Crippen LogP contribution >= 0.6 is 22.7 Å². The van der Waals surface area contributed by atoms with E-state index < -0.39 is 0 Å². The highest BCUT2D eigenvalue weighted by Gasteiger charge is 2.20. The average molecular weight is 565 g/mol. The fraction of sp³-hybridized carbons (Fsp3) is 0.278. The standard InChI is InChI=1S/C36H36O2S2/c1-5-7-9-31-33(23-11-15-25(37-3)16-12-23)29-21-19-28-27(35(29)39-31)20-22-30-34(24-13-17-26(38-4)18-14-24)32(10-8-6-2)40-36(28)30/h11-22H,5-10H2,1-4H3. The second-order valence-electron chi connectivity index (χ2n) is 10.4. The van der Waals surface area contributed by atoms with E-state index >= 15 is 0 Å². The Morgan fingerprint density at radius 2 is 0.875 bits per heavy atom. The van der Waals surface area contributed by atoms with Gasteiger partial charge in [-0.1, -0.05) is 75.2 Å². The summed E-state index contributed by atoms with van der Waals surface area (Å²) in [5.74, 6) is 1.80. The molecule has 4 heteroatoms. The van der Waals surface area contributed by atoms with Crippen LogP contribution in [0.15, 0.2) is 72.8 Å². The predicted molar refractivity (Wildman–Crippen MR) is 176 cm³/mol. The molecule has 6 rings (SSSR count). The van der Waals surface area contributed by atoms with E-state index in [-0.39, 0.29) is 0 Å². The number of ether oxygens (including phenoxy) is 2. The number of rotatable bonds is 10. The minimum atomic E-state index is 0.899. The van der Waals surface area contributed by atoms with Crippen LogP contribution < -0.4 is 9.47 Å². The normalized spacial score (nSPS) is 11.6. The molecule has 2 nitrogen and oxygen atoms in total. The van der Waals surface area contributed by atoms with E-state index in [0.717, 1.165) is 24.3 Å². The van der Waals surface area contributed by atoms with Crippen molar-refractivity contribution in [1.82, 2.24) is 0 Å². The number of hydrogen-bond acceptors (Lipinski definition) is 4. The highest BCUT2D eigenvalue weighted by molar-refractivity contribution is 7.22. The third kappa shape index (κ3) is 4.78. The van der Waals surface area contributed by atoms with Crippen molar-refractivity contribution in [2.24, 2.45) is 0 Å². The molecule has 2 heterocycles. The number of fused-ring (bicyclic) bond motifs is 5. The van der Waals surface area contributed by atoms with Gasteiger partial charge in [-0.25, -0.2) is 0 Å². The summed E-state index contributed by atoms with van der Waals surface area (Å²) in [6.45, 7) is 4.56. The van der Waals surface area contributed by atoms with Gasteiger partial charge in [-0.3, -0.25) is 0 Å². The fourth-order valence-electron chi connectivity index (χ4n) is 5.79. The molecular formula is C36H36O2S2. The number of hydrogen-bond donors (Lipinski definition) is 0. The Morgan fingerprint density at radius 1 is 0.500 bits per heavy atom. The van der Waals surface area contributed by atoms with Gasteiger partial charge < -0.3 is 9.47 Å². The Morgan fingerprint density at radius 3 is 1.23 bits per heavy atom. The summed E-state index contributed by atoms with van der Waals surface area (Å²) < 4.78 is 13.7. The molecule has 2 aromatic heterocycles. The summed E-state index contributed by atoms with van der Waals surface area (Å²) >= 11 is 3.98. The maximum Gasteiger partial charge on any atom is 0.118 e. The van der Waals surface area contributed by atoms with Crippen molar-refractivity contribution in [3.8, 4) is 33.8 Å². The van der Waals surface area contributed by atoms with Crippen LogP contribution in [0, 0.1) is 0 Å². The average Bonchev–Trinajstić information content (AvgIpc) is 3.57. The highest BCUT2D eigenvalue weighted by Crippen LogP contribution is 2.48. The highest BCUT2D eigenvalue weighted by atomic mass is 32.1. The molecule has 0 spiro atoms. The van der Waals surface area contributed by atoms with E-state index in [1.807, 2.05) is 22.7 Å². The Labute approximate surface area is 245 Å². The number of aryl methyl sites for hydroxylation is 2. The van der Waals surface area contributed by atoms with Crippen LogP contribution in [0.25, 0.3) is 53.2 Å². The topological polar surface area (TPSA) is 18.5 Å². The second kappa shape index (κ2) is 11.6. The Balaban J connectivity index is 1.57. The van der Waals surface area contributed by atoms with Crippen LogP contribution in [-0.2, 0) is 12.8 Å². The number of methoxy groups -OCH3 is 2. The van der Waals surface area contributed by atoms with Gasteiger partial charge in [0.15, 0.2) is 0 Å². The van der Waals surface area contributed by atoms with Crippen LogP contribution in [0.1, 0.15) is 49.3 Å². The van der Waals surface area contributed by atoms with Crippen LogP contribution in [0.4, 0.5) is 0 Å². The van der Waals surface area contributed by atoms with Gasteiger partial charge in [0.25, 0.3) is 0 Å². The minimum absolute atomic E-state index is 0.899. The molecule has 0 aliphatic rings. The van der Waals surface area contributed by atoms with Gasteiger partial charge in [0, 0.05) is 51.8 Å². The maximum absolute atomic E-state index is 5.44. The molecule has 0 fully saturated rings. The second-order valence-corrected chi connectivity index (χ2v) is 12.7. The SMILES string of the molecule is CCCCc1sc2c(ccc3c2ccc2c(-c4ccc(OC)cc4)c(CCCC)sc23)c1-c1ccc(OC)cc1. The zero-order valence-corrected chi connectivity index (χ0v) is 25.4. The Bertz CT molecular complexity index is 1640. The van der Waals surface area contributed by atoms with Crippen LogP contribution in [0.3, 0.4) is 0 Å². The number of unbranched alkanes of at least 4 members (excludes halogenated alkanes) is 2. The molecule has 0 saturated carbocycles. The molecule has 6 aromatic rings. The monoisotopic (exact) mass is 564 g/mol. The van der Waals surface area contributed by atoms with Crippen molar-refractivity contribution in [1.29, 1.82) is 0 Å². The maximum atomic E-state index is 5.44. The fourth-order valence-corrected chi connectivity index (χ4v) is 8.57. The quantitative estimate of drug-likeness (QED) is 0.165. The van der Waals surface area contributed by atoms with Crippen molar-refractivity contribution in [2.75, 3.05) is 14.2 Å². The largest absolute Gasteiger partial charge is 0.497 e. The van der Waals surface area contributed by atoms with Gasteiger partial charge in [0.05, 0.1) is 14.2 Å². The number of thiophene rings is 2. The summed E-state index contributed by atoms with van der Waals surface area (Å²) in [4.78, 5) is 2.98. The van der Waals surface area contributed by atoms with Crippen LogP contribution in [0.2, 0.25) is 0 Å². The lowest BCUT2D eigenvalue weighted by molar-refractivity contribution is 0.415. The zero-order chi connectivity index (χ0) is 27.6. The predicted octanol–water partition coefficient (Wildman–Crippen LogP) is 11.3. The minimum Gasteiger partial charge on any atom is -0.497 e. The number of benzene rings is 4. The molecule has 0 saturated heterocycles. The van der Waals surface area contributed by atoms with E-state index in [9.17, 15) is 0 Å². The van der Waals surface area contributed by atoms with Crippen LogP contribution in [0.5, 0.6) is 11.5 Å². The molecule has 0 amide bonds. The third-order valence-corrected chi connectivity index (χ3v) is 10.5. The van der Waals surface area contributed by atoms with E-state index in [4.69, 9.17) is 9.47 Å². The molecule has 0 unspecified atom stereocenters. The lowest BCUT2D eigenvalue weighted by Gasteiger charge is -2.08. The molecular weight excluding hydrogens is 529 g/mol. The van der Waals surface area contributed by atoms with Crippen molar-refractivity contribution in [3.63, 3.8) is 0 Å². The molecule has 0 aliphatic carbocycles. The molecule has 0 N–H and O–H groups in total. The smallest absolute Gasteiger partial charge is 0.118 e. The summed E-state index contributed by atoms with van der Waals surface area (Å²) in [5, 5.41) is 5.48. The Hall–Kier alpha value is -3.34. The van der Waals surface area contributed by atoms with Crippen molar-refractivity contribution in [2.45, 2.75) is 52.4 Å². The van der Waals surface area contributed by atoms with Gasteiger partial charge in [0.2, 0.25) is 0 Å². The zero-order valence-electron chi connectivity index (χ0n) is 23.8. The Kier molecular flexibility index (Phi) is 7.82. The van der Waals surface area contributed by atoms with Gasteiger partial charge in [-0.05, 0) is 61.1 Å². The lowest BCUT2D eigenvalue weighted by atomic mass is 9.95. The van der Waals surface area contributed by atoms with E-state index in [2.05, 4.69) is 86.6 Å². The van der Waals surface area contributed by atoms with E-state index in [0.29, 0.717) is 0 Å². The molecule has 40 heavy (non-hydrogen) atoms. The van der Waals surface area contributed by atoms with Gasteiger partial charge in [-0.2, -0.15) is 0 Å². The molecule has 0 atom stereocenters. The molecule has 0 aliphatic heterocycles. The molecule has 4 aromatic carbocycles. The third-order valence-electron chi connectivity index (χ3n) is 7.92. The van der Waals surface area contributed by atoms with E-state index in [1.165, 1.54) is 88.6 Å². The van der Waals surface area contributed by atoms with Gasteiger partial charge in [-0.15, -0.1) is 22.7 Å². The summed E-state index contributed by atoms with van der Waals surface area (Å²) in [6, 6.07) is 26.7. The first-order valence-electron chi connectivity index (χ1n) is 14.4. The van der Waals surface area contributed by atoms with Gasteiger partial charge >= 0.3 is 0 Å². The van der Waals surface area contributed by atoms with Crippen molar-refractivity contribution < 1.29 is 9.47 Å². The molecule has 0 radical (unpaired) electrons. The first kappa shape index (κ1) is 26.9. The summed E-state index contributed by atoms with van der Waals surface area (Å²) in [5.41, 5.74) is 5.34. The molecule has 204 valence electrons. The van der Waals surface area contributed by atoms with E-state index in [1.54, 1.807) is 14.2 Å². The first-order valence-corrected chi connectivity index (χ1v) is 16.0. The summed E-state index contributed by atoms with van der Waals surface area (Å²) in [7, 11) is 3.46. The van der Waals surface area contributed by atoms with Crippen molar-refractivity contribution >= 4 is 53.6 Å². The summed E-state index contributed by atoms with van der Waals surface area (Å²) in [6.07, 6.45) is 7.03. The van der Waals surface area contributed by atoms with Gasteiger partial charge in [0.1, 0.15) is 11.5 Å². The molecule has 0 bridgehead atoms. The lowest BCUT2D eigenvalue weighted by Crippen LogP contribution is -1.87. The van der Waals surface area contributed by atoms with Crippen molar-refractivity contribution in [3.05, 3.63) is 82.6 Å². The van der Waals surface area contributed by atoms with Crippen LogP contribution in [-0.4, -0.2) is 14.2 Å². The first-order chi connectivity index (χ1) is 19.7.